The Bertz CT molecular complexity index is 760. The molecule has 25 heavy (non-hydrogen) atoms. The first-order valence-corrected chi connectivity index (χ1v) is 8.05. The molecule has 0 saturated heterocycles. The van der Waals surface area contributed by atoms with Gasteiger partial charge in [0.25, 0.3) is 0 Å². The highest BCUT2D eigenvalue weighted by molar-refractivity contribution is 5.81. The lowest BCUT2D eigenvalue weighted by Gasteiger charge is -2.24. The highest BCUT2D eigenvalue weighted by Crippen LogP contribution is 2.44. The molecule has 0 saturated carbocycles. The minimum atomic E-state index is -1.15. The van der Waals surface area contributed by atoms with Crippen LogP contribution in [0.1, 0.15) is 17.0 Å². The second-order valence-corrected chi connectivity index (χ2v) is 6.00. The minimum absolute atomic E-state index is 0.0640. The van der Waals surface area contributed by atoms with Crippen LogP contribution in [-0.4, -0.2) is 48.3 Å². The average Bonchev–Trinajstić information content (AvgIpc) is 2.94. The van der Waals surface area contributed by atoms with E-state index in [9.17, 15) is 9.59 Å². The number of benzene rings is 2. The quantitative estimate of drug-likeness (QED) is 0.871. The van der Waals surface area contributed by atoms with Crippen molar-refractivity contribution in [3.63, 3.8) is 0 Å². The minimum Gasteiger partial charge on any atom is -0.480 e. The zero-order valence-corrected chi connectivity index (χ0v) is 13.9. The maximum Gasteiger partial charge on any atom is 0.410 e. The molecule has 3 rings (SSSR count). The van der Waals surface area contributed by atoms with E-state index in [4.69, 9.17) is 15.6 Å². The van der Waals surface area contributed by atoms with Gasteiger partial charge in [0.15, 0.2) is 0 Å². The lowest BCUT2D eigenvalue weighted by atomic mass is 9.98. The van der Waals surface area contributed by atoms with Crippen LogP contribution >= 0.6 is 0 Å². The number of carboxylic acid groups (broad SMARTS) is 1. The Labute approximate surface area is 145 Å². The average molecular weight is 340 g/mol. The summed E-state index contributed by atoms with van der Waals surface area (Å²) in [5, 5.41) is 9.10. The third kappa shape index (κ3) is 3.08. The zero-order chi connectivity index (χ0) is 18.0. The van der Waals surface area contributed by atoms with Gasteiger partial charge in [-0.15, -0.1) is 0 Å². The normalized spacial score (nSPS) is 13.7. The molecule has 1 aliphatic rings. The number of carboxylic acids is 1. The fourth-order valence-corrected chi connectivity index (χ4v) is 3.25. The number of aliphatic carboxylic acids is 1. The molecule has 2 aromatic carbocycles. The molecule has 0 unspecified atom stereocenters. The highest BCUT2D eigenvalue weighted by atomic mass is 16.6. The van der Waals surface area contributed by atoms with Crippen LogP contribution in [0.3, 0.4) is 0 Å². The number of carbonyl (C=O) groups is 2. The Hall–Kier alpha value is -2.86. The lowest BCUT2D eigenvalue weighted by Crippen LogP contribution is -2.47. The second kappa shape index (κ2) is 6.94. The molecule has 2 aromatic rings. The maximum atomic E-state index is 12.2. The fourth-order valence-electron chi connectivity index (χ4n) is 3.25. The largest absolute Gasteiger partial charge is 0.480 e. The van der Waals surface area contributed by atoms with Gasteiger partial charge in [0, 0.05) is 19.5 Å². The Morgan fingerprint density at radius 3 is 2.12 bits per heavy atom. The lowest BCUT2D eigenvalue weighted by molar-refractivity contribution is -0.141. The van der Waals surface area contributed by atoms with Gasteiger partial charge >= 0.3 is 12.1 Å². The van der Waals surface area contributed by atoms with Gasteiger partial charge in [-0.05, 0) is 22.3 Å². The summed E-state index contributed by atoms with van der Waals surface area (Å²) in [6.07, 6.45) is -0.695. The van der Waals surface area contributed by atoms with E-state index in [2.05, 4.69) is 12.1 Å². The predicted molar refractivity (Wildman–Crippen MR) is 93.3 cm³/mol. The monoisotopic (exact) mass is 340 g/mol. The van der Waals surface area contributed by atoms with Gasteiger partial charge in [-0.3, -0.25) is 4.90 Å². The molecular weight excluding hydrogens is 320 g/mol. The van der Waals surface area contributed by atoms with Crippen LogP contribution < -0.4 is 5.73 Å². The van der Waals surface area contributed by atoms with Gasteiger partial charge < -0.3 is 15.6 Å². The molecule has 0 spiro atoms. The van der Waals surface area contributed by atoms with Crippen LogP contribution in [0.4, 0.5) is 4.79 Å². The van der Waals surface area contributed by atoms with E-state index in [0.717, 1.165) is 27.2 Å². The molecule has 1 amide bonds. The molecule has 0 aromatic heterocycles. The first kappa shape index (κ1) is 17.0. The van der Waals surface area contributed by atoms with Crippen molar-refractivity contribution in [2.24, 2.45) is 5.73 Å². The fraction of sp³-hybridized carbons (Fsp3) is 0.263. The number of fused-ring (bicyclic) bond motifs is 3. The molecule has 6 nitrogen and oxygen atoms in total. The summed E-state index contributed by atoms with van der Waals surface area (Å²) in [5.41, 5.74) is 9.91. The summed E-state index contributed by atoms with van der Waals surface area (Å²) in [5.74, 6) is -1.22. The van der Waals surface area contributed by atoms with E-state index in [0.29, 0.717) is 0 Å². The van der Waals surface area contributed by atoms with Gasteiger partial charge in [0.1, 0.15) is 12.6 Å². The smallest absolute Gasteiger partial charge is 0.410 e. The van der Waals surface area contributed by atoms with Gasteiger partial charge in [0.2, 0.25) is 0 Å². The number of carbonyl (C=O) groups excluding carboxylic acids is 1. The summed E-state index contributed by atoms with van der Waals surface area (Å²) in [4.78, 5) is 24.4. The van der Waals surface area contributed by atoms with Gasteiger partial charge in [-0.1, -0.05) is 48.5 Å². The van der Waals surface area contributed by atoms with Crippen molar-refractivity contribution in [2.75, 3.05) is 20.2 Å². The Kier molecular flexibility index (Phi) is 4.72. The molecule has 3 N–H and O–H groups in total. The van der Waals surface area contributed by atoms with Crippen LogP contribution in [0.25, 0.3) is 11.1 Å². The van der Waals surface area contributed by atoms with E-state index in [1.165, 1.54) is 7.05 Å². The third-order valence-corrected chi connectivity index (χ3v) is 4.60. The molecule has 6 heteroatoms. The molecule has 0 fully saturated rings. The Balaban J connectivity index is 1.78. The van der Waals surface area contributed by atoms with Crippen LogP contribution in [0, 0.1) is 0 Å². The van der Waals surface area contributed by atoms with E-state index < -0.39 is 18.1 Å². The number of likely N-dealkylation sites (N-methyl/N-ethyl adjacent to an activating group) is 1. The molecule has 1 atom stereocenters. The number of ether oxygens (including phenoxy) is 1. The first-order chi connectivity index (χ1) is 12.0. The van der Waals surface area contributed by atoms with Crippen LogP contribution in [0.5, 0.6) is 0 Å². The molecule has 0 radical (unpaired) electrons. The maximum absolute atomic E-state index is 12.2. The van der Waals surface area contributed by atoms with Crippen molar-refractivity contribution >= 4 is 12.1 Å². The number of amides is 1. The van der Waals surface area contributed by atoms with Crippen LogP contribution in [0.2, 0.25) is 0 Å². The molecule has 0 aliphatic heterocycles. The zero-order valence-electron chi connectivity index (χ0n) is 13.9. The first-order valence-electron chi connectivity index (χ1n) is 8.05. The van der Waals surface area contributed by atoms with Crippen molar-refractivity contribution < 1.29 is 19.4 Å². The number of nitrogens with two attached hydrogens (primary N) is 1. The third-order valence-electron chi connectivity index (χ3n) is 4.60. The van der Waals surface area contributed by atoms with Crippen LogP contribution in [-0.2, 0) is 9.53 Å². The number of rotatable bonds is 5. The van der Waals surface area contributed by atoms with E-state index in [-0.39, 0.29) is 19.1 Å². The number of hydrogen-bond acceptors (Lipinski definition) is 4. The van der Waals surface area contributed by atoms with E-state index in [1.807, 2.05) is 36.4 Å². The molecular formula is C19H20N2O4. The van der Waals surface area contributed by atoms with Gasteiger partial charge in [-0.2, -0.15) is 0 Å². The summed E-state index contributed by atoms with van der Waals surface area (Å²) in [6.45, 7) is -0.0237. The SMILES string of the molecule is CN(C(=O)OCC1c2ccccc2-c2ccccc21)[C@@H](CN)C(=O)O. The number of nitrogens with zero attached hydrogens (tertiary/aromatic N) is 1. The predicted octanol–water partition coefficient (Wildman–Crippen LogP) is 2.28. The summed E-state index contributed by atoms with van der Waals surface area (Å²) in [6, 6.07) is 14.9. The van der Waals surface area contributed by atoms with E-state index in [1.54, 1.807) is 0 Å². The summed E-state index contributed by atoms with van der Waals surface area (Å²) < 4.78 is 5.40. The second-order valence-electron chi connectivity index (χ2n) is 6.00. The van der Waals surface area contributed by atoms with Crippen LogP contribution in [0.15, 0.2) is 48.5 Å². The highest BCUT2D eigenvalue weighted by Gasteiger charge is 2.31. The summed E-state index contributed by atoms with van der Waals surface area (Å²) >= 11 is 0. The topological polar surface area (TPSA) is 92.9 Å². The Morgan fingerprint density at radius 1 is 1.12 bits per heavy atom. The van der Waals surface area contributed by atoms with E-state index >= 15 is 0 Å². The summed E-state index contributed by atoms with van der Waals surface area (Å²) in [7, 11) is 1.38. The Morgan fingerprint density at radius 2 is 1.64 bits per heavy atom. The molecule has 1 aliphatic carbocycles. The number of hydrogen-bond donors (Lipinski definition) is 2. The molecule has 130 valence electrons. The molecule has 0 heterocycles. The standard InChI is InChI=1S/C19H20N2O4/c1-21(17(10-20)18(22)23)19(24)25-11-16-14-8-4-2-6-12(14)13-7-3-5-9-15(13)16/h2-9,16-17H,10-11,20H2,1H3,(H,22,23)/t17-/m0/s1. The van der Waals surface area contributed by atoms with Gasteiger partial charge in [-0.25, -0.2) is 9.59 Å². The van der Waals surface area contributed by atoms with Crippen molar-refractivity contribution in [2.45, 2.75) is 12.0 Å². The molecule has 0 bridgehead atoms. The van der Waals surface area contributed by atoms with Gasteiger partial charge in [0.05, 0.1) is 0 Å². The van der Waals surface area contributed by atoms with Crippen molar-refractivity contribution in [3.05, 3.63) is 59.7 Å². The van der Waals surface area contributed by atoms with Crippen molar-refractivity contribution in [3.8, 4) is 11.1 Å². The van der Waals surface area contributed by atoms with Crippen molar-refractivity contribution in [1.29, 1.82) is 0 Å². The van der Waals surface area contributed by atoms with Crippen molar-refractivity contribution in [1.82, 2.24) is 4.90 Å².